The molecule has 3 fully saturated rings. The number of nitrogens with one attached hydrogen (secondary N) is 2. The van der Waals surface area contributed by atoms with Gasteiger partial charge in [0.15, 0.2) is 0 Å². The van der Waals surface area contributed by atoms with E-state index < -0.39 is 41.5 Å². The lowest BCUT2D eigenvalue weighted by molar-refractivity contribution is -0.238. The standard InChI is InChI=1S/C13H21N3O7/c1-7-4-5-23-13(8(18)11(2,21)6-17)10(20)14-12(7,16(3)22)9(19)15-13/h8,17-18,21-22H,1,4-6H2,2-3H3,(H,14,20)(H,15,19)/t8-,11-,12+,13-/m0/s1. The molecule has 0 aromatic rings. The van der Waals surface area contributed by atoms with Gasteiger partial charge in [-0.1, -0.05) is 6.58 Å². The number of hydrogen-bond donors (Lipinski definition) is 6. The molecule has 6 N–H and O–H groups in total. The van der Waals surface area contributed by atoms with Crippen molar-refractivity contribution in [2.24, 2.45) is 0 Å². The van der Waals surface area contributed by atoms with Gasteiger partial charge in [-0.2, -0.15) is 5.06 Å². The van der Waals surface area contributed by atoms with E-state index in [1.807, 2.05) is 0 Å². The van der Waals surface area contributed by atoms with E-state index in [0.29, 0.717) is 5.06 Å². The van der Waals surface area contributed by atoms with Crippen LogP contribution in [0.3, 0.4) is 0 Å². The molecule has 4 atom stereocenters. The second-order valence-corrected chi connectivity index (χ2v) is 6.00. The Bertz CT molecular complexity index is 550. The number of hydroxylamine groups is 2. The van der Waals surface area contributed by atoms with Crippen molar-refractivity contribution in [3.8, 4) is 0 Å². The summed E-state index contributed by atoms with van der Waals surface area (Å²) in [5.41, 5.74) is -6.14. The third-order valence-corrected chi connectivity index (χ3v) is 4.28. The van der Waals surface area contributed by atoms with Gasteiger partial charge >= 0.3 is 0 Å². The number of piperazine rings is 1. The van der Waals surface area contributed by atoms with Crippen LogP contribution in [-0.2, 0) is 14.3 Å². The van der Waals surface area contributed by atoms with Crippen molar-refractivity contribution < 1.29 is 34.9 Å². The van der Waals surface area contributed by atoms with Crippen LogP contribution in [0.25, 0.3) is 0 Å². The Morgan fingerprint density at radius 1 is 1.43 bits per heavy atom. The van der Waals surface area contributed by atoms with E-state index in [2.05, 4.69) is 17.2 Å². The predicted octanol–water partition coefficient (Wildman–Crippen LogP) is -2.97. The van der Waals surface area contributed by atoms with Crippen molar-refractivity contribution >= 4 is 11.8 Å². The normalized spacial score (nSPS) is 35.2. The van der Waals surface area contributed by atoms with Gasteiger partial charge in [0, 0.05) is 7.05 Å². The van der Waals surface area contributed by atoms with E-state index in [-0.39, 0.29) is 18.6 Å². The van der Waals surface area contributed by atoms with E-state index in [4.69, 9.17) is 4.74 Å². The Labute approximate surface area is 132 Å². The molecule has 10 heteroatoms. The lowest BCUT2D eigenvalue weighted by Crippen LogP contribution is -2.85. The number of nitrogens with zero attached hydrogens (tertiary/aromatic N) is 1. The van der Waals surface area contributed by atoms with Crippen LogP contribution in [0, 0.1) is 0 Å². The fourth-order valence-electron chi connectivity index (χ4n) is 2.75. The number of aliphatic hydroxyl groups excluding tert-OH is 2. The van der Waals surface area contributed by atoms with E-state index in [1.54, 1.807) is 0 Å². The molecule has 130 valence electrons. The van der Waals surface area contributed by atoms with Crippen molar-refractivity contribution in [3.05, 3.63) is 12.2 Å². The van der Waals surface area contributed by atoms with Crippen molar-refractivity contribution in [2.45, 2.75) is 36.4 Å². The third kappa shape index (κ3) is 2.35. The summed E-state index contributed by atoms with van der Waals surface area (Å²) in [5, 5.41) is 44.5. The molecule has 3 aliphatic heterocycles. The quantitative estimate of drug-likeness (QED) is 0.236. The number of ether oxygens (including phenoxy) is 1. The Hall–Kier alpha value is -1.56. The topological polar surface area (TPSA) is 152 Å². The molecule has 10 nitrogen and oxygen atoms in total. The summed E-state index contributed by atoms with van der Waals surface area (Å²) in [6.07, 6.45) is -1.86. The smallest absolute Gasteiger partial charge is 0.278 e. The molecule has 3 saturated heterocycles. The molecule has 3 heterocycles. The summed E-state index contributed by atoms with van der Waals surface area (Å²) in [6.45, 7) is 3.80. The molecular formula is C13H21N3O7. The van der Waals surface area contributed by atoms with Gasteiger partial charge in [0.1, 0.15) is 11.7 Å². The highest BCUT2D eigenvalue weighted by Crippen LogP contribution is 2.34. The molecule has 0 aromatic heterocycles. The average molecular weight is 331 g/mol. The first-order chi connectivity index (χ1) is 10.5. The summed E-state index contributed by atoms with van der Waals surface area (Å²) in [6, 6.07) is 0. The first-order valence-electron chi connectivity index (χ1n) is 6.96. The molecule has 2 bridgehead atoms. The van der Waals surface area contributed by atoms with Crippen LogP contribution < -0.4 is 10.6 Å². The summed E-state index contributed by atoms with van der Waals surface area (Å²) >= 11 is 0. The van der Waals surface area contributed by atoms with Crippen LogP contribution in [0.2, 0.25) is 0 Å². The Morgan fingerprint density at radius 3 is 2.57 bits per heavy atom. The number of fused-ring (bicyclic) bond motifs is 5. The molecule has 0 aliphatic carbocycles. The zero-order valence-corrected chi connectivity index (χ0v) is 12.9. The van der Waals surface area contributed by atoms with Crippen molar-refractivity contribution in [3.63, 3.8) is 0 Å². The molecule has 0 aromatic carbocycles. The van der Waals surface area contributed by atoms with Crippen LogP contribution >= 0.6 is 0 Å². The Morgan fingerprint density at radius 2 is 2.04 bits per heavy atom. The van der Waals surface area contributed by atoms with Gasteiger partial charge in [0.05, 0.1) is 13.2 Å². The van der Waals surface area contributed by atoms with Crippen LogP contribution in [-0.4, -0.2) is 80.8 Å². The number of carbonyl (C=O) groups is 2. The largest absolute Gasteiger partial charge is 0.393 e. The lowest BCUT2D eigenvalue weighted by Gasteiger charge is -2.52. The van der Waals surface area contributed by atoms with Crippen LogP contribution in [0.1, 0.15) is 13.3 Å². The molecule has 0 unspecified atom stereocenters. The van der Waals surface area contributed by atoms with Crippen LogP contribution in [0.4, 0.5) is 0 Å². The second kappa shape index (κ2) is 5.51. The predicted molar refractivity (Wildman–Crippen MR) is 74.7 cm³/mol. The second-order valence-electron chi connectivity index (χ2n) is 6.00. The van der Waals surface area contributed by atoms with E-state index in [0.717, 1.165) is 6.92 Å². The number of carbonyl (C=O) groups excluding carboxylic acids is 2. The van der Waals surface area contributed by atoms with E-state index in [9.17, 15) is 30.1 Å². The monoisotopic (exact) mass is 331 g/mol. The van der Waals surface area contributed by atoms with Gasteiger partial charge in [-0.15, -0.1) is 0 Å². The van der Waals surface area contributed by atoms with Gasteiger partial charge in [-0.25, -0.2) is 0 Å². The molecule has 2 amide bonds. The number of aliphatic hydroxyl groups is 3. The maximum Gasteiger partial charge on any atom is 0.278 e. The first-order valence-corrected chi connectivity index (χ1v) is 6.96. The molecular weight excluding hydrogens is 310 g/mol. The Balaban J connectivity index is 2.53. The van der Waals surface area contributed by atoms with Crippen molar-refractivity contribution in [1.82, 2.24) is 15.7 Å². The summed E-state index contributed by atoms with van der Waals surface area (Å²) in [5.74, 6) is -1.88. The number of likely N-dealkylation sites (N-methyl/N-ethyl adjacent to an activating group) is 1. The zero-order chi connectivity index (χ0) is 17.6. The SMILES string of the molecule is C=C1CCO[C@]2([C@@H](O)[C@@](C)(O)CO)NC(=O)[C@@]1(N(C)O)NC2=O. The molecule has 23 heavy (non-hydrogen) atoms. The summed E-state index contributed by atoms with van der Waals surface area (Å²) < 4.78 is 5.36. The highest BCUT2D eigenvalue weighted by atomic mass is 16.5. The molecule has 0 spiro atoms. The third-order valence-electron chi connectivity index (χ3n) is 4.28. The number of rotatable bonds is 4. The minimum Gasteiger partial charge on any atom is -0.393 e. The molecule has 0 saturated carbocycles. The maximum atomic E-state index is 12.6. The highest BCUT2D eigenvalue weighted by molar-refractivity contribution is 6.03. The number of hydrogen-bond acceptors (Lipinski definition) is 8. The summed E-state index contributed by atoms with van der Waals surface area (Å²) in [7, 11) is 1.17. The summed E-state index contributed by atoms with van der Waals surface area (Å²) in [4.78, 5) is 25.1. The van der Waals surface area contributed by atoms with Gasteiger partial charge in [-0.05, 0) is 18.9 Å². The minimum absolute atomic E-state index is 0.105. The molecule has 3 aliphatic rings. The van der Waals surface area contributed by atoms with Gasteiger partial charge < -0.3 is 35.9 Å². The fraction of sp³-hybridized carbons (Fsp3) is 0.692. The minimum atomic E-state index is -2.30. The Kier molecular flexibility index (Phi) is 4.26. The van der Waals surface area contributed by atoms with Gasteiger partial charge in [0.25, 0.3) is 17.5 Å². The maximum absolute atomic E-state index is 12.6. The number of amides is 2. The fourth-order valence-corrected chi connectivity index (χ4v) is 2.75. The molecule has 3 rings (SSSR count). The zero-order valence-electron chi connectivity index (χ0n) is 12.9. The van der Waals surface area contributed by atoms with Crippen LogP contribution in [0.5, 0.6) is 0 Å². The van der Waals surface area contributed by atoms with Crippen LogP contribution in [0.15, 0.2) is 12.2 Å². The van der Waals surface area contributed by atoms with Gasteiger partial charge in [0.2, 0.25) is 5.66 Å². The van der Waals surface area contributed by atoms with E-state index in [1.165, 1.54) is 7.05 Å². The van der Waals surface area contributed by atoms with Gasteiger partial charge in [-0.3, -0.25) is 9.59 Å². The van der Waals surface area contributed by atoms with Crippen molar-refractivity contribution in [1.29, 1.82) is 0 Å². The first kappa shape index (κ1) is 17.8. The average Bonchev–Trinajstić information content (AvgIpc) is 2.47. The highest BCUT2D eigenvalue weighted by Gasteiger charge is 2.64. The molecule has 0 radical (unpaired) electrons. The van der Waals surface area contributed by atoms with Crippen molar-refractivity contribution in [2.75, 3.05) is 20.3 Å². The lowest BCUT2D eigenvalue weighted by atomic mass is 9.84. The van der Waals surface area contributed by atoms with E-state index >= 15 is 0 Å².